The number of anilines is 1. The van der Waals surface area contributed by atoms with E-state index < -0.39 is 0 Å². The van der Waals surface area contributed by atoms with Crippen LogP contribution in [0.5, 0.6) is 0 Å². The van der Waals surface area contributed by atoms with Crippen molar-refractivity contribution in [3.8, 4) is 0 Å². The van der Waals surface area contributed by atoms with Gasteiger partial charge in [0, 0.05) is 40.7 Å². The van der Waals surface area contributed by atoms with Crippen LogP contribution in [0.15, 0.2) is 35.1 Å². The fraction of sp³-hybridized carbons (Fsp3) is 0.214. The summed E-state index contributed by atoms with van der Waals surface area (Å²) < 4.78 is 0.906. The van der Waals surface area contributed by atoms with Crippen LogP contribution in [0.2, 0.25) is 0 Å². The summed E-state index contributed by atoms with van der Waals surface area (Å²) in [5, 5.41) is 14.2. The lowest BCUT2D eigenvalue weighted by Gasteiger charge is -2.11. The van der Waals surface area contributed by atoms with E-state index >= 15 is 0 Å². The van der Waals surface area contributed by atoms with Gasteiger partial charge in [0.1, 0.15) is 0 Å². The summed E-state index contributed by atoms with van der Waals surface area (Å²) in [6.45, 7) is 4.23. The van der Waals surface area contributed by atoms with E-state index in [-0.39, 0.29) is 10.6 Å². The molecule has 1 aromatic heterocycles. The van der Waals surface area contributed by atoms with E-state index in [0.717, 1.165) is 21.3 Å². The van der Waals surface area contributed by atoms with Gasteiger partial charge in [-0.2, -0.15) is 0 Å². The maximum atomic E-state index is 11.0. The highest BCUT2D eigenvalue weighted by molar-refractivity contribution is 9.10. The molecular weight excluding hydrogens is 322 g/mol. The Balaban J connectivity index is 2.21. The van der Waals surface area contributed by atoms with Crippen LogP contribution >= 0.6 is 15.9 Å². The zero-order valence-corrected chi connectivity index (χ0v) is 12.8. The molecule has 0 atom stereocenters. The quantitative estimate of drug-likeness (QED) is 0.677. The third-order valence-electron chi connectivity index (χ3n) is 2.98. The molecule has 20 heavy (non-hydrogen) atoms. The summed E-state index contributed by atoms with van der Waals surface area (Å²) in [6.07, 6.45) is 3.47. The molecule has 0 aliphatic carbocycles. The van der Waals surface area contributed by atoms with E-state index in [9.17, 15) is 10.1 Å². The largest absolute Gasteiger partial charge is 0.380 e. The van der Waals surface area contributed by atoms with Crippen LogP contribution in [0.1, 0.15) is 16.7 Å². The van der Waals surface area contributed by atoms with Crippen molar-refractivity contribution in [3.63, 3.8) is 0 Å². The molecule has 0 bridgehead atoms. The number of nitro benzene ring substituents is 1. The van der Waals surface area contributed by atoms with Gasteiger partial charge in [-0.25, -0.2) is 0 Å². The van der Waals surface area contributed by atoms with E-state index in [0.29, 0.717) is 12.1 Å². The lowest BCUT2D eigenvalue weighted by Crippen LogP contribution is -2.03. The first kappa shape index (κ1) is 14.5. The first-order valence-corrected chi connectivity index (χ1v) is 6.85. The number of nitro groups is 1. The highest BCUT2D eigenvalue weighted by Gasteiger charge is 2.13. The van der Waals surface area contributed by atoms with Crippen LogP contribution < -0.4 is 5.32 Å². The van der Waals surface area contributed by atoms with Crippen LogP contribution in [0.25, 0.3) is 0 Å². The molecule has 1 N–H and O–H groups in total. The van der Waals surface area contributed by atoms with E-state index in [1.807, 2.05) is 19.1 Å². The van der Waals surface area contributed by atoms with Gasteiger partial charge in [-0.15, -0.1) is 0 Å². The number of pyridine rings is 1. The van der Waals surface area contributed by atoms with E-state index in [2.05, 4.69) is 26.2 Å². The Hall–Kier alpha value is -1.95. The van der Waals surface area contributed by atoms with Crippen molar-refractivity contribution in [1.82, 2.24) is 4.98 Å². The predicted octanol–water partition coefficient (Wildman–Crippen LogP) is 3.98. The van der Waals surface area contributed by atoms with Crippen LogP contribution in [0.4, 0.5) is 11.4 Å². The van der Waals surface area contributed by atoms with Crippen LogP contribution in [0, 0.1) is 24.0 Å². The minimum Gasteiger partial charge on any atom is -0.380 e. The maximum absolute atomic E-state index is 11.0. The molecule has 2 rings (SSSR count). The fourth-order valence-electron chi connectivity index (χ4n) is 1.98. The lowest BCUT2D eigenvalue weighted by molar-refractivity contribution is -0.385. The third-order valence-corrected chi connectivity index (χ3v) is 3.42. The van der Waals surface area contributed by atoms with Gasteiger partial charge in [-0.05, 0) is 53.0 Å². The zero-order chi connectivity index (χ0) is 14.7. The van der Waals surface area contributed by atoms with Crippen LogP contribution in [-0.4, -0.2) is 9.91 Å². The summed E-state index contributed by atoms with van der Waals surface area (Å²) in [7, 11) is 0. The number of hydrogen-bond donors (Lipinski definition) is 1. The lowest BCUT2D eigenvalue weighted by atomic mass is 10.1. The summed E-state index contributed by atoms with van der Waals surface area (Å²) in [6, 6.07) is 5.35. The molecule has 5 nitrogen and oxygen atoms in total. The minimum absolute atomic E-state index is 0.130. The molecule has 0 amide bonds. The number of nitrogens with zero attached hydrogens (tertiary/aromatic N) is 2. The Bertz CT molecular complexity index is 659. The van der Waals surface area contributed by atoms with Crippen molar-refractivity contribution in [3.05, 3.63) is 61.9 Å². The SMILES string of the molecule is Cc1cc(C)c([N+](=O)[O-])cc1NCc1cncc(Br)c1. The first-order valence-electron chi connectivity index (χ1n) is 6.06. The minimum atomic E-state index is -0.361. The van der Waals surface area contributed by atoms with Gasteiger partial charge in [0.25, 0.3) is 5.69 Å². The van der Waals surface area contributed by atoms with Gasteiger partial charge in [0.05, 0.1) is 4.92 Å². The van der Waals surface area contributed by atoms with Gasteiger partial charge in [0.15, 0.2) is 0 Å². The van der Waals surface area contributed by atoms with Gasteiger partial charge in [0.2, 0.25) is 0 Å². The topological polar surface area (TPSA) is 68.1 Å². The number of benzene rings is 1. The van der Waals surface area contributed by atoms with E-state index in [1.165, 1.54) is 0 Å². The summed E-state index contributed by atoms with van der Waals surface area (Å²) >= 11 is 3.36. The molecule has 0 saturated heterocycles. The number of halogens is 1. The Kier molecular flexibility index (Phi) is 4.34. The molecule has 0 aliphatic heterocycles. The van der Waals surface area contributed by atoms with Gasteiger partial charge in [-0.1, -0.05) is 0 Å². The maximum Gasteiger partial charge on any atom is 0.274 e. The molecule has 0 unspecified atom stereocenters. The third kappa shape index (κ3) is 3.33. The first-order chi connectivity index (χ1) is 9.47. The van der Waals surface area contributed by atoms with Crippen molar-refractivity contribution in [2.75, 3.05) is 5.32 Å². The summed E-state index contributed by atoms with van der Waals surface area (Å²) in [5.74, 6) is 0. The molecule has 104 valence electrons. The molecule has 6 heteroatoms. The molecule has 0 saturated carbocycles. The second kappa shape index (κ2) is 6.00. The summed E-state index contributed by atoms with van der Waals surface area (Å²) in [5.41, 5.74) is 3.55. The van der Waals surface area contributed by atoms with Crippen LogP contribution in [0.3, 0.4) is 0 Å². The van der Waals surface area contributed by atoms with Crippen molar-refractivity contribution in [2.45, 2.75) is 20.4 Å². The standard InChI is InChI=1S/C14H14BrN3O2/c1-9-3-10(2)14(18(19)20)5-13(9)17-7-11-4-12(15)8-16-6-11/h3-6,8,17H,7H2,1-2H3. The molecule has 0 spiro atoms. The molecule has 0 aliphatic rings. The Morgan fingerprint density at radius 3 is 2.65 bits per heavy atom. The monoisotopic (exact) mass is 335 g/mol. The van der Waals surface area contributed by atoms with Crippen molar-refractivity contribution in [1.29, 1.82) is 0 Å². The number of aromatic nitrogens is 1. The number of aryl methyl sites for hydroxylation is 2. The fourth-order valence-corrected chi connectivity index (χ4v) is 2.39. The van der Waals surface area contributed by atoms with Gasteiger partial charge < -0.3 is 5.32 Å². The Morgan fingerprint density at radius 2 is 2.00 bits per heavy atom. The van der Waals surface area contributed by atoms with Crippen molar-refractivity contribution in [2.24, 2.45) is 0 Å². The van der Waals surface area contributed by atoms with E-state index in [4.69, 9.17) is 0 Å². The molecular formula is C14H14BrN3O2. The smallest absolute Gasteiger partial charge is 0.274 e. The van der Waals surface area contributed by atoms with Crippen molar-refractivity contribution >= 4 is 27.3 Å². The van der Waals surface area contributed by atoms with Crippen LogP contribution in [-0.2, 0) is 6.54 Å². The highest BCUT2D eigenvalue weighted by Crippen LogP contribution is 2.26. The second-order valence-electron chi connectivity index (χ2n) is 4.58. The average molecular weight is 336 g/mol. The Morgan fingerprint density at radius 1 is 1.25 bits per heavy atom. The normalized spacial score (nSPS) is 10.3. The molecule has 0 radical (unpaired) electrons. The molecule has 0 fully saturated rings. The Labute approximate surface area is 125 Å². The average Bonchev–Trinajstić information content (AvgIpc) is 2.37. The van der Waals surface area contributed by atoms with Crippen molar-refractivity contribution < 1.29 is 4.92 Å². The number of rotatable bonds is 4. The zero-order valence-electron chi connectivity index (χ0n) is 11.2. The van der Waals surface area contributed by atoms with Gasteiger partial charge in [-0.3, -0.25) is 15.1 Å². The summed E-state index contributed by atoms with van der Waals surface area (Å²) in [4.78, 5) is 14.7. The van der Waals surface area contributed by atoms with E-state index in [1.54, 1.807) is 25.4 Å². The second-order valence-corrected chi connectivity index (χ2v) is 5.49. The number of hydrogen-bond acceptors (Lipinski definition) is 4. The number of nitrogens with one attached hydrogen (secondary N) is 1. The molecule has 2 aromatic rings. The molecule has 1 heterocycles. The predicted molar refractivity (Wildman–Crippen MR) is 81.8 cm³/mol. The highest BCUT2D eigenvalue weighted by atomic mass is 79.9. The molecule has 1 aromatic carbocycles. The van der Waals surface area contributed by atoms with Gasteiger partial charge >= 0.3 is 0 Å².